The van der Waals surface area contributed by atoms with Gasteiger partial charge in [0.05, 0.1) is 11.4 Å². The van der Waals surface area contributed by atoms with Crippen LogP contribution in [0.25, 0.3) is 34.0 Å². The van der Waals surface area contributed by atoms with Crippen molar-refractivity contribution in [2.75, 3.05) is 0 Å². The number of hydrogen-bond donors (Lipinski definition) is 0. The molecule has 0 atom stereocenters. The Morgan fingerprint density at radius 3 is 1.18 bits per heavy atom. The molecule has 4 rings (SSSR count). The van der Waals surface area contributed by atoms with Gasteiger partial charge >= 0.3 is 0 Å². The molecule has 4 nitrogen and oxygen atoms in total. The zero-order chi connectivity index (χ0) is 19.7. The highest BCUT2D eigenvalue weighted by Crippen LogP contribution is 2.28. The minimum absolute atomic E-state index is 0.683. The van der Waals surface area contributed by atoms with Crippen molar-refractivity contribution < 1.29 is 8.83 Å². The Bertz CT molecular complexity index is 997. The van der Waals surface area contributed by atoms with Crippen LogP contribution in [0.4, 0.5) is 0 Å². The summed E-state index contributed by atoms with van der Waals surface area (Å²) < 4.78 is 11.6. The van der Waals surface area contributed by atoms with Gasteiger partial charge in [-0.05, 0) is 62.1 Å². The smallest absolute Gasteiger partial charge is 0.226 e. The highest BCUT2D eigenvalue weighted by molar-refractivity contribution is 5.70. The van der Waals surface area contributed by atoms with Crippen molar-refractivity contribution in [3.8, 4) is 34.0 Å². The molecule has 0 aliphatic rings. The second-order valence-corrected chi connectivity index (χ2v) is 6.91. The third-order valence-corrected chi connectivity index (χ3v) is 5.05. The van der Waals surface area contributed by atoms with Crippen LogP contribution in [0.5, 0.6) is 0 Å². The second-order valence-electron chi connectivity index (χ2n) is 6.91. The van der Waals surface area contributed by atoms with Gasteiger partial charge in [0, 0.05) is 11.1 Å². The first kappa shape index (κ1) is 18.2. The molecule has 0 saturated carbocycles. The zero-order valence-corrected chi connectivity index (χ0v) is 16.7. The number of rotatable bonds is 5. The lowest BCUT2D eigenvalue weighted by molar-refractivity contribution is 0.539. The first-order valence-corrected chi connectivity index (χ1v) is 9.72. The van der Waals surface area contributed by atoms with E-state index in [2.05, 4.69) is 72.3 Å². The minimum Gasteiger partial charge on any atom is -0.441 e. The largest absolute Gasteiger partial charge is 0.441 e. The molecule has 2 heterocycles. The molecule has 2 aromatic carbocycles. The molecule has 2 aromatic heterocycles. The Labute approximate surface area is 165 Å². The van der Waals surface area contributed by atoms with E-state index in [4.69, 9.17) is 8.83 Å². The topological polar surface area (TPSA) is 52.1 Å². The maximum absolute atomic E-state index is 5.79. The van der Waals surface area contributed by atoms with E-state index in [0.29, 0.717) is 11.8 Å². The van der Waals surface area contributed by atoms with Crippen molar-refractivity contribution in [1.29, 1.82) is 0 Å². The van der Waals surface area contributed by atoms with Crippen molar-refractivity contribution in [1.82, 2.24) is 9.97 Å². The summed E-state index contributed by atoms with van der Waals surface area (Å²) in [5.74, 6) is 3.15. The Morgan fingerprint density at radius 1 is 0.571 bits per heavy atom. The molecule has 28 heavy (non-hydrogen) atoms. The Hall–Kier alpha value is -3.14. The first-order valence-electron chi connectivity index (χ1n) is 9.72. The summed E-state index contributed by atoms with van der Waals surface area (Å²) in [6.45, 7) is 8.10. The summed E-state index contributed by atoms with van der Waals surface area (Å²) in [5.41, 5.74) is 6.31. The molecule has 0 spiro atoms. The van der Waals surface area contributed by atoms with Crippen molar-refractivity contribution in [2.24, 2.45) is 0 Å². The Morgan fingerprint density at radius 2 is 0.893 bits per heavy atom. The monoisotopic (exact) mass is 372 g/mol. The number of benzene rings is 2. The molecule has 0 bridgehead atoms. The van der Waals surface area contributed by atoms with Crippen LogP contribution in [-0.4, -0.2) is 9.97 Å². The van der Waals surface area contributed by atoms with Crippen LogP contribution in [-0.2, 0) is 12.8 Å². The van der Waals surface area contributed by atoms with Gasteiger partial charge < -0.3 is 8.83 Å². The average Bonchev–Trinajstić information content (AvgIpc) is 3.30. The molecule has 0 unspecified atom stereocenters. The quantitative estimate of drug-likeness (QED) is 0.406. The molecule has 0 aliphatic carbocycles. The Kier molecular flexibility index (Phi) is 4.86. The minimum atomic E-state index is 0.683. The Balaban J connectivity index is 1.57. The maximum Gasteiger partial charge on any atom is 0.226 e. The molecule has 142 valence electrons. The number of aryl methyl sites for hydroxylation is 4. The number of hydrogen-bond acceptors (Lipinski definition) is 4. The fraction of sp³-hybridized carbons (Fsp3) is 0.250. The van der Waals surface area contributed by atoms with Crippen LogP contribution < -0.4 is 0 Å². The molecule has 0 N–H and O–H groups in total. The van der Waals surface area contributed by atoms with E-state index in [1.165, 1.54) is 0 Å². The fourth-order valence-electron chi connectivity index (χ4n) is 3.37. The van der Waals surface area contributed by atoms with Crippen LogP contribution in [0.1, 0.15) is 36.8 Å². The van der Waals surface area contributed by atoms with Crippen LogP contribution in [0.3, 0.4) is 0 Å². The zero-order valence-electron chi connectivity index (χ0n) is 16.7. The summed E-state index contributed by atoms with van der Waals surface area (Å²) in [7, 11) is 0. The molecular formula is C24H24N2O2. The predicted octanol–water partition coefficient (Wildman–Crippen LogP) is 6.41. The highest BCUT2D eigenvalue weighted by atomic mass is 16.4. The lowest BCUT2D eigenvalue weighted by Gasteiger charge is -2.04. The van der Waals surface area contributed by atoms with Gasteiger partial charge in [-0.1, -0.05) is 38.1 Å². The van der Waals surface area contributed by atoms with Crippen LogP contribution >= 0.6 is 0 Å². The molecular weight excluding hydrogens is 348 g/mol. The van der Waals surface area contributed by atoms with E-state index in [-0.39, 0.29) is 0 Å². The highest BCUT2D eigenvalue weighted by Gasteiger charge is 2.12. The summed E-state index contributed by atoms with van der Waals surface area (Å²) in [5, 5.41) is 0. The second kappa shape index (κ2) is 7.47. The van der Waals surface area contributed by atoms with Gasteiger partial charge in [0.2, 0.25) is 11.8 Å². The van der Waals surface area contributed by atoms with E-state index in [9.17, 15) is 0 Å². The van der Waals surface area contributed by atoms with Gasteiger partial charge in [-0.2, -0.15) is 0 Å². The van der Waals surface area contributed by atoms with Crippen LogP contribution in [0.15, 0.2) is 57.4 Å². The van der Waals surface area contributed by atoms with Gasteiger partial charge in [0.15, 0.2) is 0 Å². The van der Waals surface area contributed by atoms with Crippen LogP contribution in [0, 0.1) is 13.8 Å². The SMILES string of the molecule is CCc1nc(-c2ccc(-c3ccc(-c4nc(CC)c(C)o4)cc3)cc2)oc1C. The normalized spacial score (nSPS) is 11.1. The molecule has 4 aromatic rings. The first-order chi connectivity index (χ1) is 13.6. The van der Waals surface area contributed by atoms with Gasteiger partial charge in [-0.25, -0.2) is 9.97 Å². The molecule has 0 radical (unpaired) electrons. The summed E-state index contributed by atoms with van der Waals surface area (Å²) in [4.78, 5) is 9.16. The van der Waals surface area contributed by atoms with Crippen molar-refractivity contribution in [2.45, 2.75) is 40.5 Å². The lowest BCUT2D eigenvalue weighted by Crippen LogP contribution is -1.84. The fourth-order valence-corrected chi connectivity index (χ4v) is 3.37. The van der Waals surface area contributed by atoms with E-state index < -0.39 is 0 Å². The van der Waals surface area contributed by atoms with E-state index in [1.807, 2.05) is 13.8 Å². The lowest BCUT2D eigenvalue weighted by atomic mass is 10.0. The summed E-state index contributed by atoms with van der Waals surface area (Å²) in [6, 6.07) is 16.6. The molecule has 0 fully saturated rings. The van der Waals surface area contributed by atoms with Crippen molar-refractivity contribution in [3.05, 3.63) is 71.4 Å². The van der Waals surface area contributed by atoms with Gasteiger partial charge in [0.1, 0.15) is 11.5 Å². The number of nitrogens with zero attached hydrogens (tertiary/aromatic N) is 2. The average molecular weight is 372 g/mol. The predicted molar refractivity (Wildman–Crippen MR) is 111 cm³/mol. The van der Waals surface area contributed by atoms with Gasteiger partial charge in [-0.3, -0.25) is 0 Å². The van der Waals surface area contributed by atoms with E-state index >= 15 is 0 Å². The van der Waals surface area contributed by atoms with E-state index in [0.717, 1.165) is 58.0 Å². The van der Waals surface area contributed by atoms with Gasteiger partial charge in [-0.15, -0.1) is 0 Å². The summed E-state index contributed by atoms with van der Waals surface area (Å²) >= 11 is 0. The molecule has 0 saturated heterocycles. The molecule has 4 heteroatoms. The third-order valence-electron chi connectivity index (χ3n) is 5.05. The van der Waals surface area contributed by atoms with Crippen molar-refractivity contribution >= 4 is 0 Å². The number of aromatic nitrogens is 2. The maximum atomic E-state index is 5.79. The van der Waals surface area contributed by atoms with E-state index in [1.54, 1.807) is 0 Å². The van der Waals surface area contributed by atoms with Crippen LogP contribution in [0.2, 0.25) is 0 Å². The van der Waals surface area contributed by atoms with Crippen molar-refractivity contribution in [3.63, 3.8) is 0 Å². The van der Waals surface area contributed by atoms with Gasteiger partial charge in [0.25, 0.3) is 0 Å². The molecule has 0 amide bonds. The molecule has 0 aliphatic heterocycles. The standard InChI is InChI=1S/C24H24N2O2/c1-5-21-15(3)27-23(25-21)19-11-7-17(8-12-19)18-9-13-20(14-10-18)24-26-22(6-2)16(4)28-24/h7-14H,5-6H2,1-4H3. The summed E-state index contributed by atoms with van der Waals surface area (Å²) in [6.07, 6.45) is 1.76. The number of oxazole rings is 2. The third kappa shape index (κ3) is 3.38.